The van der Waals surface area contributed by atoms with Gasteiger partial charge in [-0.2, -0.15) is 0 Å². The average Bonchev–Trinajstić information content (AvgIpc) is 3.09. The first-order valence-corrected chi connectivity index (χ1v) is 8.29. The van der Waals surface area contributed by atoms with Gasteiger partial charge in [0.2, 0.25) is 0 Å². The Bertz CT molecular complexity index is 734. The molecule has 3 heterocycles. The predicted molar refractivity (Wildman–Crippen MR) is 90.0 cm³/mol. The Morgan fingerprint density at radius 3 is 2.78 bits per heavy atom. The fourth-order valence-corrected chi connectivity index (χ4v) is 4.13. The van der Waals surface area contributed by atoms with Crippen molar-refractivity contribution in [2.75, 3.05) is 33.3 Å². The average molecular weight is 334 g/mol. The maximum atomic E-state index is 13.1. The summed E-state index contributed by atoms with van der Waals surface area (Å²) >= 11 is 6.51. The molecule has 2 atom stereocenters. The van der Waals surface area contributed by atoms with Gasteiger partial charge >= 0.3 is 0 Å². The Kier molecular flexibility index (Phi) is 3.59. The molecule has 1 aromatic carbocycles. The predicted octanol–water partition coefficient (Wildman–Crippen LogP) is 1.99. The summed E-state index contributed by atoms with van der Waals surface area (Å²) in [5.74, 6) is -0.0138. The minimum Gasteiger partial charge on any atom is -0.373 e. The van der Waals surface area contributed by atoms with Crippen molar-refractivity contribution in [3.63, 3.8) is 0 Å². The number of rotatable bonds is 1. The number of carbonyl (C=O) groups is 1. The molecule has 2 saturated heterocycles. The maximum absolute atomic E-state index is 13.1. The largest absolute Gasteiger partial charge is 0.373 e. The van der Waals surface area contributed by atoms with Crippen LogP contribution in [-0.4, -0.2) is 65.7 Å². The molecule has 2 aliphatic heterocycles. The lowest BCUT2D eigenvalue weighted by atomic mass is 10.1. The number of amides is 1. The smallest absolute Gasteiger partial charge is 0.272 e. The third-order valence-electron chi connectivity index (χ3n) is 5.11. The Hall–Kier alpha value is -1.56. The van der Waals surface area contributed by atoms with Crippen LogP contribution in [0, 0.1) is 0 Å². The molecule has 4 rings (SSSR count). The zero-order valence-corrected chi connectivity index (χ0v) is 14.1. The molecule has 2 aromatic rings. The molecule has 0 unspecified atom stereocenters. The van der Waals surface area contributed by atoms with E-state index in [1.165, 1.54) is 0 Å². The Labute approximate surface area is 140 Å². The molecule has 0 bridgehead atoms. The monoisotopic (exact) mass is 333 g/mol. The van der Waals surface area contributed by atoms with Gasteiger partial charge in [-0.1, -0.05) is 29.8 Å². The number of hydrogen-bond acceptors (Lipinski definition) is 3. The minimum atomic E-state index is -0.0138. The van der Waals surface area contributed by atoms with Crippen LogP contribution in [0.25, 0.3) is 10.9 Å². The summed E-state index contributed by atoms with van der Waals surface area (Å²) in [6.07, 6.45) is 0.103. The number of fused-ring (bicyclic) bond motifs is 2. The summed E-state index contributed by atoms with van der Waals surface area (Å²) in [6.45, 7) is 2.97. The Morgan fingerprint density at radius 1 is 1.26 bits per heavy atom. The number of hydrogen-bond donors (Lipinski definition) is 0. The summed E-state index contributed by atoms with van der Waals surface area (Å²) < 4.78 is 7.73. The van der Waals surface area contributed by atoms with Crippen molar-refractivity contribution in [2.45, 2.75) is 12.1 Å². The number of nitrogens with zero attached hydrogens (tertiary/aromatic N) is 3. The number of benzene rings is 1. The summed E-state index contributed by atoms with van der Waals surface area (Å²) in [5.41, 5.74) is 1.54. The second kappa shape index (κ2) is 5.51. The fraction of sp³-hybridized carbons (Fsp3) is 0.471. The van der Waals surface area contributed by atoms with Gasteiger partial charge in [0.05, 0.1) is 23.8 Å². The molecule has 0 N–H and O–H groups in total. The maximum Gasteiger partial charge on any atom is 0.272 e. The number of para-hydroxylation sites is 1. The first-order chi connectivity index (χ1) is 11.1. The van der Waals surface area contributed by atoms with Crippen molar-refractivity contribution < 1.29 is 9.53 Å². The van der Waals surface area contributed by atoms with Gasteiger partial charge in [0.15, 0.2) is 0 Å². The number of halogens is 1. The van der Waals surface area contributed by atoms with Gasteiger partial charge in [0.1, 0.15) is 5.69 Å². The van der Waals surface area contributed by atoms with E-state index >= 15 is 0 Å². The van der Waals surface area contributed by atoms with Crippen LogP contribution < -0.4 is 0 Å². The third kappa shape index (κ3) is 2.26. The Morgan fingerprint density at radius 2 is 2.04 bits per heavy atom. The van der Waals surface area contributed by atoms with E-state index in [4.69, 9.17) is 16.3 Å². The van der Waals surface area contributed by atoms with Gasteiger partial charge in [-0.3, -0.25) is 9.69 Å². The molecule has 5 nitrogen and oxygen atoms in total. The van der Waals surface area contributed by atoms with Crippen LogP contribution in [0.4, 0.5) is 0 Å². The third-order valence-corrected chi connectivity index (χ3v) is 5.50. The van der Waals surface area contributed by atoms with Crippen molar-refractivity contribution in [2.24, 2.45) is 7.05 Å². The zero-order valence-electron chi connectivity index (χ0n) is 13.3. The van der Waals surface area contributed by atoms with E-state index in [9.17, 15) is 4.79 Å². The van der Waals surface area contributed by atoms with Crippen LogP contribution in [0.15, 0.2) is 24.3 Å². The highest BCUT2D eigenvalue weighted by molar-refractivity contribution is 6.38. The molecule has 2 fully saturated rings. The van der Waals surface area contributed by atoms with Gasteiger partial charge in [0.25, 0.3) is 5.91 Å². The van der Waals surface area contributed by atoms with Crippen molar-refractivity contribution in [3.8, 4) is 0 Å². The SMILES string of the molecule is CN1CCO[C@@H]2CN(C(=O)c3c(Cl)c4ccccc4n3C)C[C@@H]21. The number of morpholine rings is 1. The molecular formula is C17H20ClN3O2. The molecule has 6 heteroatoms. The van der Waals surface area contributed by atoms with Crippen molar-refractivity contribution in [1.29, 1.82) is 0 Å². The zero-order chi connectivity index (χ0) is 16.1. The normalized spacial score (nSPS) is 25.1. The van der Waals surface area contributed by atoms with Gasteiger partial charge in [-0.15, -0.1) is 0 Å². The fourth-order valence-electron chi connectivity index (χ4n) is 3.76. The molecular weight excluding hydrogens is 314 g/mol. The van der Waals surface area contributed by atoms with Crippen LogP contribution in [0.2, 0.25) is 5.02 Å². The number of likely N-dealkylation sites (tertiary alicyclic amines) is 1. The molecule has 1 aromatic heterocycles. The van der Waals surface area contributed by atoms with Crippen LogP contribution in [0.3, 0.4) is 0 Å². The second-order valence-corrected chi connectivity index (χ2v) is 6.78. The molecule has 1 amide bonds. The van der Waals surface area contributed by atoms with Crippen LogP contribution in [0.5, 0.6) is 0 Å². The van der Waals surface area contributed by atoms with E-state index in [-0.39, 0.29) is 18.1 Å². The van der Waals surface area contributed by atoms with Crippen LogP contribution in [0.1, 0.15) is 10.5 Å². The van der Waals surface area contributed by atoms with Gasteiger partial charge < -0.3 is 14.2 Å². The highest BCUT2D eigenvalue weighted by Crippen LogP contribution is 2.32. The lowest BCUT2D eigenvalue weighted by Crippen LogP contribution is -2.48. The molecule has 23 heavy (non-hydrogen) atoms. The highest BCUT2D eigenvalue weighted by Gasteiger charge is 2.41. The van der Waals surface area contributed by atoms with E-state index < -0.39 is 0 Å². The van der Waals surface area contributed by atoms with Crippen LogP contribution in [-0.2, 0) is 11.8 Å². The van der Waals surface area contributed by atoms with Gasteiger partial charge in [-0.25, -0.2) is 0 Å². The van der Waals surface area contributed by atoms with E-state index in [1.807, 2.05) is 40.8 Å². The van der Waals surface area contributed by atoms with E-state index in [2.05, 4.69) is 11.9 Å². The van der Waals surface area contributed by atoms with E-state index in [0.717, 1.165) is 24.1 Å². The summed E-state index contributed by atoms with van der Waals surface area (Å²) in [7, 11) is 3.99. The highest BCUT2D eigenvalue weighted by atomic mass is 35.5. The Balaban J connectivity index is 1.68. The summed E-state index contributed by atoms with van der Waals surface area (Å²) in [6, 6.07) is 8.12. The molecule has 0 saturated carbocycles. The molecule has 2 aliphatic rings. The molecule has 122 valence electrons. The number of carbonyl (C=O) groups excluding carboxylic acids is 1. The number of likely N-dealkylation sites (N-methyl/N-ethyl adjacent to an activating group) is 1. The quantitative estimate of drug-likeness (QED) is 0.801. The number of aryl methyl sites for hydroxylation is 1. The molecule has 0 radical (unpaired) electrons. The van der Waals surface area contributed by atoms with E-state index in [0.29, 0.717) is 23.8 Å². The van der Waals surface area contributed by atoms with Crippen molar-refractivity contribution in [3.05, 3.63) is 35.0 Å². The molecule has 0 aliphatic carbocycles. The number of aromatic nitrogens is 1. The summed E-state index contributed by atoms with van der Waals surface area (Å²) in [5, 5.41) is 1.46. The van der Waals surface area contributed by atoms with Gasteiger partial charge in [0, 0.05) is 37.6 Å². The van der Waals surface area contributed by atoms with Crippen molar-refractivity contribution >= 4 is 28.4 Å². The standard InChI is InChI=1S/C17H20ClN3O2/c1-19-7-8-23-14-10-21(9-13(14)19)17(22)16-15(18)11-5-3-4-6-12(11)20(16)2/h3-6,13-14H,7-10H2,1-2H3/t13-,14+/m0/s1. The first kappa shape index (κ1) is 15.0. The van der Waals surface area contributed by atoms with Crippen LogP contribution >= 0.6 is 11.6 Å². The first-order valence-electron chi connectivity index (χ1n) is 7.92. The topological polar surface area (TPSA) is 37.7 Å². The summed E-state index contributed by atoms with van der Waals surface area (Å²) in [4.78, 5) is 17.2. The van der Waals surface area contributed by atoms with E-state index in [1.54, 1.807) is 0 Å². The van der Waals surface area contributed by atoms with Crippen molar-refractivity contribution in [1.82, 2.24) is 14.4 Å². The van der Waals surface area contributed by atoms with Gasteiger partial charge in [-0.05, 0) is 13.1 Å². The minimum absolute atomic E-state index is 0.0138. The lowest BCUT2D eigenvalue weighted by molar-refractivity contribution is -0.0368. The lowest BCUT2D eigenvalue weighted by Gasteiger charge is -2.33. The molecule has 0 spiro atoms. The number of ether oxygens (including phenoxy) is 1. The second-order valence-electron chi connectivity index (χ2n) is 6.41.